The summed E-state index contributed by atoms with van der Waals surface area (Å²) in [5.41, 5.74) is 1.77. The second-order valence-corrected chi connectivity index (χ2v) is 6.21. The molecule has 0 spiro atoms. The highest BCUT2D eigenvalue weighted by Crippen LogP contribution is 2.28. The third-order valence-electron chi connectivity index (χ3n) is 4.65. The molecular weight excluding hydrogens is 312 g/mol. The lowest BCUT2D eigenvalue weighted by molar-refractivity contribution is -0.538. The molecule has 1 aromatic carbocycles. The van der Waals surface area contributed by atoms with E-state index in [1.165, 1.54) is 0 Å². The molecule has 0 unspecified atom stereocenters. The van der Waals surface area contributed by atoms with Crippen LogP contribution in [-0.2, 0) is 17.6 Å². The standard InChI is InChI=1S/C16H21N4O4/c21-19-13-11-15-12(3-7-24-15)10-14(13)20(22)17-16(19)2-1-4-18-5-8-23-9-6-18/h10-11,21H,1-9H2/q+1. The fraction of sp³-hybridized carbons (Fsp3) is 0.562. The Labute approximate surface area is 138 Å². The molecule has 2 aliphatic heterocycles. The molecule has 24 heavy (non-hydrogen) atoms. The van der Waals surface area contributed by atoms with E-state index in [0.717, 1.165) is 61.7 Å². The van der Waals surface area contributed by atoms with E-state index in [4.69, 9.17) is 9.47 Å². The molecule has 2 aliphatic rings. The average molecular weight is 333 g/mol. The fourth-order valence-electron chi connectivity index (χ4n) is 3.31. The van der Waals surface area contributed by atoms with Gasteiger partial charge in [0, 0.05) is 43.6 Å². The molecule has 0 saturated carbocycles. The summed E-state index contributed by atoms with van der Waals surface area (Å²) < 4.78 is 12.5. The van der Waals surface area contributed by atoms with E-state index >= 15 is 0 Å². The van der Waals surface area contributed by atoms with Crippen LogP contribution in [0.25, 0.3) is 11.0 Å². The van der Waals surface area contributed by atoms with Gasteiger partial charge in [-0.1, -0.05) is 0 Å². The molecule has 0 radical (unpaired) electrons. The van der Waals surface area contributed by atoms with Gasteiger partial charge in [0.05, 0.1) is 29.8 Å². The van der Waals surface area contributed by atoms with Crippen LogP contribution in [0.2, 0.25) is 0 Å². The molecule has 128 valence electrons. The van der Waals surface area contributed by atoms with Crippen molar-refractivity contribution in [1.82, 2.24) is 14.7 Å². The number of aromatic nitrogens is 3. The summed E-state index contributed by atoms with van der Waals surface area (Å²) in [4.78, 5) is 14.5. The van der Waals surface area contributed by atoms with Gasteiger partial charge in [-0.2, -0.15) is 4.73 Å². The molecule has 1 fully saturated rings. The van der Waals surface area contributed by atoms with Crippen molar-refractivity contribution in [2.75, 3.05) is 39.5 Å². The third kappa shape index (κ3) is 2.83. The summed E-state index contributed by atoms with van der Waals surface area (Å²) in [7, 11) is 0. The van der Waals surface area contributed by atoms with Crippen LogP contribution in [0.5, 0.6) is 5.75 Å². The molecule has 8 nitrogen and oxygen atoms in total. The van der Waals surface area contributed by atoms with Gasteiger partial charge in [0.1, 0.15) is 5.75 Å². The first-order valence-corrected chi connectivity index (χ1v) is 8.36. The number of morpholine rings is 1. The van der Waals surface area contributed by atoms with Gasteiger partial charge in [-0.05, 0) is 13.0 Å². The number of benzene rings is 1. The number of aryl methyl sites for hydroxylation is 1. The normalized spacial score (nSPS) is 17.8. The van der Waals surface area contributed by atoms with Gasteiger partial charge in [-0.15, -0.1) is 0 Å². The van der Waals surface area contributed by atoms with Crippen LogP contribution in [0.15, 0.2) is 12.1 Å². The van der Waals surface area contributed by atoms with Gasteiger partial charge in [0.25, 0.3) is 0 Å². The van der Waals surface area contributed by atoms with Crippen LogP contribution < -0.4 is 9.28 Å². The largest absolute Gasteiger partial charge is 0.493 e. The van der Waals surface area contributed by atoms with E-state index in [-0.39, 0.29) is 0 Å². The van der Waals surface area contributed by atoms with Crippen molar-refractivity contribution < 1.29 is 19.2 Å². The molecule has 1 saturated heterocycles. The first-order valence-electron chi connectivity index (χ1n) is 8.36. The minimum Gasteiger partial charge on any atom is -0.493 e. The Morgan fingerprint density at radius 1 is 1.25 bits per heavy atom. The summed E-state index contributed by atoms with van der Waals surface area (Å²) in [6.45, 7) is 4.88. The van der Waals surface area contributed by atoms with Crippen molar-refractivity contribution in [3.05, 3.63) is 28.4 Å². The number of hydrogen-bond donors (Lipinski definition) is 1. The first kappa shape index (κ1) is 15.3. The van der Waals surface area contributed by atoms with Crippen LogP contribution >= 0.6 is 0 Å². The number of rotatable bonds is 4. The Morgan fingerprint density at radius 3 is 2.92 bits per heavy atom. The zero-order chi connectivity index (χ0) is 16.5. The van der Waals surface area contributed by atoms with E-state index in [1.807, 2.05) is 0 Å². The highest BCUT2D eigenvalue weighted by Gasteiger charge is 2.23. The maximum absolute atomic E-state index is 12.2. The van der Waals surface area contributed by atoms with E-state index in [1.54, 1.807) is 12.1 Å². The van der Waals surface area contributed by atoms with Crippen LogP contribution in [0.1, 0.15) is 17.8 Å². The molecule has 2 aromatic rings. The highest BCUT2D eigenvalue weighted by molar-refractivity contribution is 5.75. The summed E-state index contributed by atoms with van der Waals surface area (Å²) >= 11 is 0. The lowest BCUT2D eigenvalue weighted by Gasteiger charge is -2.26. The van der Waals surface area contributed by atoms with Gasteiger partial charge in [0.15, 0.2) is 10.1 Å². The highest BCUT2D eigenvalue weighted by atomic mass is 16.5. The summed E-state index contributed by atoms with van der Waals surface area (Å²) in [6.07, 6.45) is 2.13. The molecule has 3 heterocycles. The fourth-order valence-corrected chi connectivity index (χ4v) is 3.31. The van der Waals surface area contributed by atoms with Gasteiger partial charge in [-0.3, -0.25) is 4.90 Å². The van der Waals surface area contributed by atoms with Crippen LogP contribution in [-0.4, -0.2) is 59.4 Å². The van der Waals surface area contributed by atoms with Gasteiger partial charge >= 0.3 is 5.52 Å². The Balaban J connectivity index is 1.56. The Bertz CT molecular complexity index is 814. The second kappa shape index (κ2) is 6.37. The van der Waals surface area contributed by atoms with Crippen molar-refractivity contribution in [1.29, 1.82) is 0 Å². The van der Waals surface area contributed by atoms with Gasteiger partial charge in [0.2, 0.25) is 5.82 Å². The Hall–Kier alpha value is -2.19. The average Bonchev–Trinajstić information content (AvgIpc) is 3.06. The Kier molecular flexibility index (Phi) is 4.07. The molecule has 0 atom stereocenters. The summed E-state index contributed by atoms with van der Waals surface area (Å²) in [5.74, 6) is 1.10. The van der Waals surface area contributed by atoms with E-state index < -0.39 is 0 Å². The molecule has 0 amide bonds. The van der Waals surface area contributed by atoms with Gasteiger partial charge < -0.3 is 14.7 Å². The van der Waals surface area contributed by atoms with Crippen molar-refractivity contribution in [3.63, 3.8) is 0 Å². The van der Waals surface area contributed by atoms with Crippen molar-refractivity contribution in [3.8, 4) is 5.75 Å². The van der Waals surface area contributed by atoms with Crippen LogP contribution in [0.3, 0.4) is 0 Å². The SMILES string of the molecule is O=[n+]1nc(CCCN2CCOCC2)n(O)c2cc3c(cc21)CCO3. The minimum absolute atomic E-state index is 0.360. The van der Waals surface area contributed by atoms with E-state index in [9.17, 15) is 10.1 Å². The van der Waals surface area contributed by atoms with E-state index in [0.29, 0.717) is 34.4 Å². The van der Waals surface area contributed by atoms with Crippen LogP contribution in [0, 0.1) is 4.91 Å². The van der Waals surface area contributed by atoms with Crippen molar-refractivity contribution in [2.24, 2.45) is 0 Å². The second-order valence-electron chi connectivity index (χ2n) is 6.21. The van der Waals surface area contributed by atoms with Crippen molar-refractivity contribution in [2.45, 2.75) is 19.3 Å². The molecule has 0 bridgehead atoms. The number of fused-ring (bicyclic) bond motifs is 2. The molecule has 0 aliphatic carbocycles. The van der Waals surface area contributed by atoms with Gasteiger partial charge in [-0.25, -0.2) is 0 Å². The topological polar surface area (TPSA) is 82.7 Å². The maximum atomic E-state index is 12.2. The Morgan fingerprint density at radius 2 is 2.08 bits per heavy atom. The zero-order valence-electron chi connectivity index (χ0n) is 13.5. The first-order chi connectivity index (χ1) is 11.7. The number of nitrogens with zero attached hydrogens (tertiary/aromatic N) is 4. The van der Waals surface area contributed by atoms with E-state index in [2.05, 4.69) is 10.00 Å². The zero-order valence-corrected chi connectivity index (χ0v) is 13.5. The monoisotopic (exact) mass is 333 g/mol. The predicted molar refractivity (Wildman–Crippen MR) is 85.1 cm³/mol. The predicted octanol–water partition coefficient (Wildman–Crippen LogP) is 0.388. The summed E-state index contributed by atoms with van der Waals surface area (Å²) in [6, 6.07) is 3.47. The lowest BCUT2D eigenvalue weighted by Crippen LogP contribution is -2.37. The maximum Gasteiger partial charge on any atom is 0.322 e. The number of ether oxygens (including phenoxy) is 2. The van der Waals surface area contributed by atoms with Crippen molar-refractivity contribution >= 4 is 11.0 Å². The summed E-state index contributed by atoms with van der Waals surface area (Å²) in [5, 5.41) is 14.5. The molecule has 1 aromatic heterocycles. The molecule has 8 heteroatoms. The third-order valence-corrected chi connectivity index (χ3v) is 4.65. The smallest absolute Gasteiger partial charge is 0.322 e. The molecule has 4 rings (SSSR count). The lowest BCUT2D eigenvalue weighted by atomic mass is 10.1. The molecular formula is C16H21N4O4+. The minimum atomic E-state index is 0.360. The quantitative estimate of drug-likeness (QED) is 0.644. The molecule has 1 N–H and O–H groups in total. The van der Waals surface area contributed by atoms with Crippen LogP contribution in [0.4, 0.5) is 0 Å². The number of hydrogen-bond acceptors (Lipinski definition) is 6.